The minimum atomic E-state index is 0.236. The van der Waals surface area contributed by atoms with Crippen molar-refractivity contribution in [3.63, 3.8) is 0 Å². The molecule has 52 valence electrons. The summed E-state index contributed by atoms with van der Waals surface area (Å²) in [7, 11) is 1.65. The molecule has 0 spiro atoms. The van der Waals surface area contributed by atoms with Crippen LogP contribution in [0.3, 0.4) is 0 Å². The van der Waals surface area contributed by atoms with Gasteiger partial charge in [0.2, 0.25) is 0 Å². The minimum Gasteiger partial charge on any atom is -0.444 e. The predicted molar refractivity (Wildman–Crippen MR) is 39.0 cm³/mol. The molecule has 0 rings (SSSR count). The van der Waals surface area contributed by atoms with Crippen LogP contribution in [0.15, 0.2) is 0 Å². The van der Waals surface area contributed by atoms with Gasteiger partial charge >= 0.3 is 0 Å². The highest BCUT2D eigenvalue weighted by Crippen LogP contribution is 2.01. The highest BCUT2D eigenvalue weighted by atomic mass is 16.4. The van der Waals surface area contributed by atoms with Crippen molar-refractivity contribution in [1.29, 1.82) is 0 Å². The average molecular weight is 128 g/mol. The first kappa shape index (κ1) is 8.69. The summed E-state index contributed by atoms with van der Waals surface area (Å²) < 4.78 is 4.85. The monoisotopic (exact) mass is 128 g/mol. The molecule has 0 aliphatic carbocycles. The zero-order chi connectivity index (χ0) is 7.28. The van der Waals surface area contributed by atoms with Gasteiger partial charge in [0.25, 0.3) is 8.05 Å². The summed E-state index contributed by atoms with van der Waals surface area (Å²) in [5.74, 6) is 0.604. The van der Waals surface area contributed by atoms with Crippen LogP contribution in [-0.2, 0) is 9.45 Å². The molecule has 0 heterocycles. The Labute approximate surface area is 57.0 Å². The van der Waals surface area contributed by atoms with Crippen LogP contribution in [0, 0.1) is 5.92 Å². The number of hydrogen-bond acceptors (Lipinski definition) is 2. The molecule has 0 aromatic rings. The third-order valence-corrected chi connectivity index (χ3v) is 1.09. The van der Waals surface area contributed by atoms with Gasteiger partial charge in [-0.05, 0) is 12.8 Å². The molecule has 0 aliphatic rings. The van der Waals surface area contributed by atoms with Crippen LogP contribution in [0.5, 0.6) is 0 Å². The van der Waals surface area contributed by atoms with E-state index in [1.54, 1.807) is 15.0 Å². The highest BCUT2D eigenvalue weighted by Gasteiger charge is 2.02. The molecule has 0 saturated carbocycles. The van der Waals surface area contributed by atoms with Crippen LogP contribution >= 0.6 is 0 Å². The topological polar surface area (TPSA) is 26.3 Å². The predicted octanol–water partition coefficient (Wildman–Crippen LogP) is 0.166. The van der Waals surface area contributed by atoms with Crippen LogP contribution in [0.1, 0.15) is 20.3 Å². The van der Waals surface area contributed by atoms with Crippen LogP contribution in [0.2, 0.25) is 0 Å². The normalized spacial score (nSPS) is 13.1. The standard InChI is InChI=1S/C6H13BO2/c1-5(4-9-7)3-6(2)8/h5H,3-4,7H2,1-2H3. The fourth-order valence-corrected chi connectivity index (χ4v) is 0.834. The Balaban J connectivity index is 3.26. The van der Waals surface area contributed by atoms with Crippen molar-refractivity contribution in [3.05, 3.63) is 0 Å². The second kappa shape index (κ2) is 4.56. The van der Waals surface area contributed by atoms with Gasteiger partial charge in [-0.1, -0.05) is 6.92 Å². The Kier molecular flexibility index (Phi) is 4.41. The summed E-state index contributed by atoms with van der Waals surface area (Å²) >= 11 is 0. The average Bonchev–Trinajstić information content (AvgIpc) is 1.63. The molecule has 0 aromatic carbocycles. The number of carbonyl (C=O) groups excluding carboxylic acids is 1. The summed E-state index contributed by atoms with van der Waals surface area (Å²) in [5, 5.41) is 0. The molecule has 0 aromatic heterocycles. The lowest BCUT2D eigenvalue weighted by molar-refractivity contribution is -0.118. The zero-order valence-corrected chi connectivity index (χ0v) is 6.31. The molecule has 1 atom stereocenters. The van der Waals surface area contributed by atoms with Gasteiger partial charge in [-0.2, -0.15) is 0 Å². The molecule has 0 aliphatic heterocycles. The molecule has 9 heavy (non-hydrogen) atoms. The van der Waals surface area contributed by atoms with E-state index in [-0.39, 0.29) is 5.78 Å². The maximum absolute atomic E-state index is 10.5. The van der Waals surface area contributed by atoms with E-state index < -0.39 is 0 Å². The molecule has 0 fully saturated rings. The minimum absolute atomic E-state index is 0.236. The number of Topliss-reactive ketones (excluding diaryl/α,β-unsaturated/α-hetero) is 1. The third kappa shape index (κ3) is 5.57. The van der Waals surface area contributed by atoms with Gasteiger partial charge in [-0.15, -0.1) is 0 Å². The van der Waals surface area contributed by atoms with Crippen LogP contribution in [0.4, 0.5) is 0 Å². The molecule has 3 heteroatoms. The maximum Gasteiger partial charge on any atom is 0.257 e. The Morgan fingerprint density at radius 3 is 2.67 bits per heavy atom. The third-order valence-electron chi connectivity index (χ3n) is 1.09. The van der Waals surface area contributed by atoms with E-state index in [1.807, 2.05) is 6.92 Å². The first-order valence-corrected chi connectivity index (χ1v) is 3.15. The summed E-state index contributed by atoms with van der Waals surface area (Å²) in [6.45, 7) is 4.29. The van der Waals surface area contributed by atoms with Crippen molar-refractivity contribution in [1.82, 2.24) is 0 Å². The van der Waals surface area contributed by atoms with Gasteiger partial charge in [-0.3, -0.25) is 0 Å². The van der Waals surface area contributed by atoms with Gasteiger partial charge in [-0.25, -0.2) is 0 Å². The van der Waals surface area contributed by atoms with E-state index in [4.69, 9.17) is 4.65 Å². The largest absolute Gasteiger partial charge is 0.444 e. The fourth-order valence-electron chi connectivity index (χ4n) is 0.834. The molecule has 0 saturated heterocycles. The molecular formula is C6H13BO2. The molecule has 0 amide bonds. The van der Waals surface area contributed by atoms with Crippen molar-refractivity contribution in [2.24, 2.45) is 5.92 Å². The van der Waals surface area contributed by atoms with E-state index in [0.717, 1.165) is 0 Å². The zero-order valence-electron chi connectivity index (χ0n) is 6.31. The number of rotatable bonds is 4. The Hall–Kier alpha value is -0.305. The van der Waals surface area contributed by atoms with E-state index in [2.05, 4.69) is 0 Å². The Bertz CT molecular complexity index is 93.1. The van der Waals surface area contributed by atoms with Crippen LogP contribution < -0.4 is 0 Å². The van der Waals surface area contributed by atoms with E-state index in [1.165, 1.54) is 0 Å². The first-order chi connectivity index (χ1) is 4.16. The van der Waals surface area contributed by atoms with Crippen LogP contribution in [0.25, 0.3) is 0 Å². The number of carbonyl (C=O) groups is 1. The second-order valence-corrected chi connectivity index (χ2v) is 2.47. The van der Waals surface area contributed by atoms with E-state index in [9.17, 15) is 4.79 Å². The molecule has 1 unspecified atom stereocenters. The lowest BCUT2D eigenvalue weighted by atomic mass is 10.1. The summed E-state index contributed by atoms with van der Waals surface area (Å²) in [4.78, 5) is 10.5. The highest BCUT2D eigenvalue weighted by molar-refractivity contribution is 5.97. The van der Waals surface area contributed by atoms with E-state index in [0.29, 0.717) is 18.9 Å². The lowest BCUT2D eigenvalue weighted by Crippen LogP contribution is -2.07. The van der Waals surface area contributed by atoms with Crippen molar-refractivity contribution < 1.29 is 9.45 Å². The van der Waals surface area contributed by atoms with Crippen LogP contribution in [-0.4, -0.2) is 20.4 Å². The summed E-state index contributed by atoms with van der Waals surface area (Å²) in [6, 6.07) is 0. The van der Waals surface area contributed by atoms with Crippen molar-refractivity contribution in [3.8, 4) is 0 Å². The Morgan fingerprint density at radius 2 is 2.33 bits per heavy atom. The maximum atomic E-state index is 10.5. The molecular weight excluding hydrogens is 115 g/mol. The smallest absolute Gasteiger partial charge is 0.257 e. The van der Waals surface area contributed by atoms with Crippen molar-refractivity contribution >= 4 is 13.8 Å². The second-order valence-electron chi connectivity index (χ2n) is 2.47. The van der Waals surface area contributed by atoms with Gasteiger partial charge in [0.1, 0.15) is 5.78 Å². The molecule has 2 nitrogen and oxygen atoms in total. The van der Waals surface area contributed by atoms with Gasteiger partial charge in [0.05, 0.1) is 0 Å². The quantitative estimate of drug-likeness (QED) is 0.504. The van der Waals surface area contributed by atoms with E-state index >= 15 is 0 Å². The van der Waals surface area contributed by atoms with Gasteiger partial charge < -0.3 is 9.45 Å². The molecule has 0 bridgehead atoms. The fraction of sp³-hybridized carbons (Fsp3) is 0.833. The summed E-state index contributed by atoms with van der Waals surface area (Å²) in [6.07, 6.45) is 0.633. The number of ketones is 1. The molecule has 0 N–H and O–H groups in total. The molecule has 0 radical (unpaired) electrons. The van der Waals surface area contributed by atoms with Crippen molar-refractivity contribution in [2.75, 3.05) is 6.61 Å². The summed E-state index contributed by atoms with van der Waals surface area (Å²) in [5.41, 5.74) is 0. The lowest BCUT2D eigenvalue weighted by Gasteiger charge is -2.06. The van der Waals surface area contributed by atoms with Crippen molar-refractivity contribution in [2.45, 2.75) is 20.3 Å². The number of hydrogen-bond donors (Lipinski definition) is 0. The Morgan fingerprint density at radius 1 is 1.78 bits per heavy atom. The van der Waals surface area contributed by atoms with Gasteiger partial charge in [0.15, 0.2) is 0 Å². The van der Waals surface area contributed by atoms with Gasteiger partial charge in [0, 0.05) is 13.0 Å². The SMILES string of the molecule is BOCC(C)CC(C)=O. The first-order valence-electron chi connectivity index (χ1n) is 3.15.